The number of halogens is 1. The van der Waals surface area contributed by atoms with Gasteiger partial charge in [0.05, 0.1) is 5.69 Å². The summed E-state index contributed by atoms with van der Waals surface area (Å²) in [6.45, 7) is 8.03. The van der Waals surface area contributed by atoms with Crippen molar-refractivity contribution in [3.05, 3.63) is 149 Å². The number of alkyl carbamates (subject to hydrolysis) is 1. The van der Waals surface area contributed by atoms with Crippen molar-refractivity contribution in [2.45, 2.75) is 52.2 Å². The third kappa shape index (κ3) is 10.9. The molecule has 0 spiro atoms. The van der Waals surface area contributed by atoms with Gasteiger partial charge >= 0.3 is 6.09 Å². The Morgan fingerprint density at radius 1 is 0.769 bits per heavy atom. The largest absolute Gasteiger partial charge is 0.455 e. The van der Waals surface area contributed by atoms with Gasteiger partial charge in [-0.25, -0.2) is 4.79 Å². The van der Waals surface area contributed by atoms with Crippen LogP contribution in [0.4, 0.5) is 10.5 Å². The number of carbonyl (C=O) groups excluding carboxylic acids is 3. The van der Waals surface area contributed by atoms with Crippen LogP contribution in [0.15, 0.2) is 127 Å². The molecule has 2 N–H and O–H groups in total. The predicted molar refractivity (Wildman–Crippen MR) is 207 cm³/mol. The van der Waals surface area contributed by atoms with Gasteiger partial charge in [-0.2, -0.15) is 0 Å². The Labute approximate surface area is 310 Å². The molecule has 0 heterocycles. The topological polar surface area (TPSA) is 97.0 Å². The molecule has 0 aliphatic heterocycles. The van der Waals surface area contributed by atoms with Crippen molar-refractivity contribution < 1.29 is 23.9 Å². The number of hydrogen-bond acceptors (Lipinski definition) is 5. The first-order chi connectivity index (χ1) is 24.9. The zero-order valence-corrected chi connectivity index (χ0v) is 30.7. The van der Waals surface area contributed by atoms with Crippen LogP contribution in [0, 0.1) is 0 Å². The summed E-state index contributed by atoms with van der Waals surface area (Å²) in [5.41, 5.74) is 4.23. The quantitative estimate of drug-likeness (QED) is 0.126. The van der Waals surface area contributed by atoms with E-state index in [1.54, 1.807) is 68.1 Å². The average Bonchev–Trinajstić information content (AvgIpc) is 3.13. The van der Waals surface area contributed by atoms with Crippen LogP contribution in [0.25, 0.3) is 11.1 Å². The van der Waals surface area contributed by atoms with E-state index in [1.807, 2.05) is 91.9 Å². The van der Waals surface area contributed by atoms with Crippen molar-refractivity contribution in [2.75, 3.05) is 18.0 Å². The molecule has 0 aromatic heterocycles. The number of benzene rings is 5. The van der Waals surface area contributed by atoms with E-state index in [2.05, 4.69) is 10.6 Å². The van der Waals surface area contributed by atoms with Gasteiger partial charge in [0, 0.05) is 42.7 Å². The molecule has 9 heteroatoms. The first-order valence-electron chi connectivity index (χ1n) is 17.3. The van der Waals surface area contributed by atoms with E-state index in [4.69, 9.17) is 21.1 Å². The van der Waals surface area contributed by atoms with Gasteiger partial charge in [-0.05, 0) is 85.3 Å². The summed E-state index contributed by atoms with van der Waals surface area (Å²) in [6, 6.07) is 39.6. The Morgan fingerprint density at radius 3 is 2.13 bits per heavy atom. The molecule has 0 radical (unpaired) electrons. The molecule has 3 amide bonds. The zero-order chi connectivity index (χ0) is 37.1. The summed E-state index contributed by atoms with van der Waals surface area (Å²) in [7, 11) is 0. The zero-order valence-electron chi connectivity index (χ0n) is 29.9. The Balaban J connectivity index is 1.37. The molecule has 0 saturated heterocycles. The molecule has 0 saturated carbocycles. The second-order valence-electron chi connectivity index (χ2n) is 13.5. The SMILES string of the molecule is CC(CC(=O)NCCN(C(=O)c1ccc(-c2ccccc2)cc1)c1ccc(Cl)cc1Oc1cccc(CNC(=O)OC(C)(C)C)c1)c1ccccc1. The minimum Gasteiger partial charge on any atom is -0.455 e. The first kappa shape index (κ1) is 37.7. The van der Waals surface area contributed by atoms with Crippen molar-refractivity contribution in [1.29, 1.82) is 0 Å². The van der Waals surface area contributed by atoms with Crippen molar-refractivity contribution in [3.8, 4) is 22.6 Å². The molecular weight excluding hydrogens is 674 g/mol. The third-order valence-electron chi connectivity index (χ3n) is 8.18. The number of nitrogens with one attached hydrogen (secondary N) is 2. The molecule has 0 fully saturated rings. The maximum atomic E-state index is 14.3. The molecule has 52 heavy (non-hydrogen) atoms. The monoisotopic (exact) mass is 717 g/mol. The van der Waals surface area contributed by atoms with Crippen LogP contribution in [0.1, 0.15) is 61.5 Å². The van der Waals surface area contributed by atoms with Crippen LogP contribution in [-0.4, -0.2) is 36.6 Å². The Kier molecular flexibility index (Phi) is 12.7. The molecule has 0 aliphatic carbocycles. The molecule has 5 aromatic carbocycles. The second-order valence-corrected chi connectivity index (χ2v) is 13.9. The Hall–Kier alpha value is -5.60. The molecular formula is C43H44ClN3O5. The Morgan fingerprint density at radius 2 is 1.44 bits per heavy atom. The van der Waals surface area contributed by atoms with E-state index in [1.165, 1.54) is 0 Å². The summed E-state index contributed by atoms with van der Waals surface area (Å²) in [4.78, 5) is 41.1. The minimum atomic E-state index is -0.616. The van der Waals surface area contributed by atoms with Crippen LogP contribution >= 0.6 is 11.6 Å². The van der Waals surface area contributed by atoms with Gasteiger partial charge in [-0.1, -0.05) is 103 Å². The minimum absolute atomic E-state index is 0.0356. The molecule has 5 aromatic rings. The summed E-state index contributed by atoms with van der Waals surface area (Å²) in [6.07, 6.45) is -0.212. The molecule has 0 bridgehead atoms. The highest BCUT2D eigenvalue weighted by atomic mass is 35.5. The highest BCUT2D eigenvalue weighted by molar-refractivity contribution is 6.31. The number of amides is 3. The van der Waals surface area contributed by atoms with E-state index in [0.717, 1.165) is 22.3 Å². The number of hydrogen-bond donors (Lipinski definition) is 2. The van der Waals surface area contributed by atoms with Gasteiger partial charge in [0.2, 0.25) is 5.91 Å². The fraction of sp³-hybridized carbons (Fsp3) is 0.233. The molecule has 268 valence electrons. The lowest BCUT2D eigenvalue weighted by Gasteiger charge is -2.26. The third-order valence-corrected chi connectivity index (χ3v) is 8.41. The fourth-order valence-electron chi connectivity index (χ4n) is 5.61. The standard InChI is InChI=1S/C43H44ClN3O5/c1-30(32-13-7-5-8-14-32)26-40(48)45-24-25-47(41(49)35-20-18-34(19-21-35)33-15-9-6-10-16-33)38-23-22-36(44)28-39(38)51-37-17-11-12-31(27-37)29-46-42(50)52-43(2,3)4/h5-23,27-28,30H,24-26,29H2,1-4H3,(H,45,48)(H,46,50). The molecule has 1 unspecified atom stereocenters. The van der Waals surface area contributed by atoms with Gasteiger partial charge < -0.3 is 25.0 Å². The lowest BCUT2D eigenvalue weighted by atomic mass is 9.98. The van der Waals surface area contributed by atoms with Crippen molar-refractivity contribution >= 4 is 35.2 Å². The number of nitrogens with zero attached hydrogens (tertiary/aromatic N) is 1. The van der Waals surface area contributed by atoms with Crippen molar-refractivity contribution in [1.82, 2.24) is 10.6 Å². The fourth-order valence-corrected chi connectivity index (χ4v) is 5.77. The summed E-state index contributed by atoms with van der Waals surface area (Å²) >= 11 is 6.47. The van der Waals surface area contributed by atoms with Crippen molar-refractivity contribution in [3.63, 3.8) is 0 Å². The van der Waals surface area contributed by atoms with Gasteiger partial charge in [0.15, 0.2) is 5.75 Å². The van der Waals surface area contributed by atoms with Crippen LogP contribution < -0.4 is 20.3 Å². The first-order valence-corrected chi connectivity index (χ1v) is 17.6. The predicted octanol–water partition coefficient (Wildman–Crippen LogP) is 9.78. The van der Waals surface area contributed by atoms with Gasteiger partial charge in [-0.15, -0.1) is 0 Å². The summed E-state index contributed by atoms with van der Waals surface area (Å²) in [5, 5.41) is 6.18. The van der Waals surface area contributed by atoms with Gasteiger partial charge in [0.25, 0.3) is 5.91 Å². The van der Waals surface area contributed by atoms with Crippen LogP contribution in [-0.2, 0) is 16.1 Å². The highest BCUT2D eigenvalue weighted by Crippen LogP contribution is 2.36. The van der Waals surface area contributed by atoms with E-state index in [-0.39, 0.29) is 37.4 Å². The van der Waals surface area contributed by atoms with Gasteiger partial charge in [0.1, 0.15) is 11.4 Å². The van der Waals surface area contributed by atoms with Crippen molar-refractivity contribution in [2.24, 2.45) is 0 Å². The average molecular weight is 718 g/mol. The number of ether oxygens (including phenoxy) is 2. The van der Waals surface area contributed by atoms with E-state index < -0.39 is 11.7 Å². The lowest BCUT2D eigenvalue weighted by molar-refractivity contribution is -0.121. The molecule has 8 nitrogen and oxygen atoms in total. The summed E-state index contributed by atoms with van der Waals surface area (Å²) < 4.78 is 11.7. The smallest absolute Gasteiger partial charge is 0.407 e. The van der Waals surface area contributed by atoms with E-state index in [0.29, 0.717) is 34.2 Å². The molecule has 5 rings (SSSR count). The molecule has 0 aliphatic rings. The molecule has 1 atom stereocenters. The second kappa shape index (κ2) is 17.6. The normalized spacial score (nSPS) is 11.6. The number of carbonyl (C=O) groups is 3. The Bertz CT molecular complexity index is 1960. The van der Waals surface area contributed by atoms with Crippen LogP contribution in [0.5, 0.6) is 11.5 Å². The maximum absolute atomic E-state index is 14.3. The number of rotatable bonds is 13. The lowest BCUT2D eigenvalue weighted by Crippen LogP contribution is -2.39. The summed E-state index contributed by atoms with van der Waals surface area (Å²) in [5.74, 6) is 0.487. The van der Waals surface area contributed by atoms with Crippen LogP contribution in [0.2, 0.25) is 5.02 Å². The maximum Gasteiger partial charge on any atom is 0.407 e. The van der Waals surface area contributed by atoms with Crippen LogP contribution in [0.3, 0.4) is 0 Å². The van der Waals surface area contributed by atoms with E-state index in [9.17, 15) is 14.4 Å². The highest BCUT2D eigenvalue weighted by Gasteiger charge is 2.23. The van der Waals surface area contributed by atoms with Gasteiger partial charge in [-0.3, -0.25) is 9.59 Å². The van der Waals surface area contributed by atoms with E-state index >= 15 is 0 Å². The number of anilines is 1.